The minimum atomic E-state index is -0.545. The summed E-state index contributed by atoms with van der Waals surface area (Å²) in [5, 5.41) is 5.85. The number of amides is 3. The molecule has 4 aliphatic rings. The lowest BCUT2D eigenvalue weighted by atomic mass is 10.0. The number of nitrogens with one attached hydrogen (secondary N) is 2. The number of fused-ring (bicyclic) bond motifs is 3. The number of piperazine rings is 1. The van der Waals surface area contributed by atoms with Crippen molar-refractivity contribution in [2.45, 2.75) is 50.5 Å². The van der Waals surface area contributed by atoms with E-state index >= 15 is 0 Å². The van der Waals surface area contributed by atoms with Gasteiger partial charge in [0.15, 0.2) is 0 Å². The molecule has 1 unspecified atom stereocenters. The molecule has 136 valence electrons. The quantitative estimate of drug-likeness (QED) is 0.747. The molecule has 3 saturated heterocycles. The van der Waals surface area contributed by atoms with E-state index in [4.69, 9.17) is 0 Å². The summed E-state index contributed by atoms with van der Waals surface area (Å²) in [4.78, 5) is 40.4. The lowest BCUT2D eigenvalue weighted by Crippen LogP contribution is -2.52. The van der Waals surface area contributed by atoms with Gasteiger partial charge in [-0.1, -0.05) is 12.1 Å². The van der Waals surface area contributed by atoms with Gasteiger partial charge >= 0.3 is 0 Å². The molecule has 3 amide bonds. The van der Waals surface area contributed by atoms with E-state index in [2.05, 4.69) is 21.6 Å². The standard InChI is InChI=1S/C19H22N4O3/c24-17-4-3-16(18(25)21-17)23-9-12-2-1-11(5-15(12)19(23)26)8-22-10-13-6-14(22)7-20-13/h1-2,5,13-14,16,20H,3-4,6-10H2,(H,21,24,25)/t13-,14-,16?/m0/s1. The van der Waals surface area contributed by atoms with Gasteiger partial charge in [-0.15, -0.1) is 0 Å². The summed E-state index contributed by atoms with van der Waals surface area (Å²) in [5.41, 5.74) is 2.82. The van der Waals surface area contributed by atoms with Crippen LogP contribution in [0.2, 0.25) is 0 Å². The van der Waals surface area contributed by atoms with Crippen molar-refractivity contribution in [3.8, 4) is 0 Å². The molecular formula is C19H22N4O3. The molecule has 3 fully saturated rings. The SMILES string of the molecule is O=C1CCC(N2Cc3ccc(CN4C[C@@H]5C[C@H]4CN5)cc3C2=O)C(=O)N1. The van der Waals surface area contributed by atoms with Gasteiger partial charge in [-0.2, -0.15) is 0 Å². The maximum Gasteiger partial charge on any atom is 0.255 e. The molecule has 1 aromatic carbocycles. The molecule has 4 aliphatic heterocycles. The molecule has 0 aliphatic carbocycles. The Hall–Kier alpha value is -2.25. The maximum absolute atomic E-state index is 12.9. The number of likely N-dealkylation sites (tertiary alicyclic amines) is 1. The van der Waals surface area contributed by atoms with E-state index in [0.29, 0.717) is 30.6 Å². The number of hydrogen-bond acceptors (Lipinski definition) is 5. The van der Waals surface area contributed by atoms with E-state index in [1.807, 2.05) is 12.1 Å². The molecule has 0 saturated carbocycles. The average Bonchev–Trinajstić information content (AvgIpc) is 3.31. The van der Waals surface area contributed by atoms with Crippen molar-refractivity contribution >= 4 is 17.7 Å². The van der Waals surface area contributed by atoms with Crippen molar-refractivity contribution in [3.05, 3.63) is 34.9 Å². The minimum absolute atomic E-state index is 0.0963. The van der Waals surface area contributed by atoms with Crippen LogP contribution in [-0.4, -0.2) is 58.7 Å². The highest BCUT2D eigenvalue weighted by Crippen LogP contribution is 2.30. The molecule has 7 nitrogen and oxygen atoms in total. The van der Waals surface area contributed by atoms with Gasteiger partial charge in [0.25, 0.3) is 5.91 Å². The van der Waals surface area contributed by atoms with Crippen molar-refractivity contribution in [1.82, 2.24) is 20.4 Å². The largest absolute Gasteiger partial charge is 0.322 e. The maximum atomic E-state index is 12.9. The summed E-state index contributed by atoms with van der Waals surface area (Å²) >= 11 is 0. The monoisotopic (exact) mass is 354 g/mol. The predicted octanol–water partition coefficient (Wildman–Crippen LogP) is -0.00630. The van der Waals surface area contributed by atoms with Crippen LogP contribution >= 0.6 is 0 Å². The third kappa shape index (κ3) is 2.54. The molecule has 26 heavy (non-hydrogen) atoms. The number of rotatable bonds is 3. The highest BCUT2D eigenvalue weighted by molar-refractivity contribution is 6.05. The fourth-order valence-electron chi connectivity index (χ4n) is 4.78. The van der Waals surface area contributed by atoms with Crippen molar-refractivity contribution < 1.29 is 14.4 Å². The number of carbonyl (C=O) groups excluding carboxylic acids is 3. The van der Waals surface area contributed by atoms with Gasteiger partial charge in [-0.3, -0.25) is 24.6 Å². The Morgan fingerprint density at radius 2 is 2.08 bits per heavy atom. The number of piperidine rings is 1. The van der Waals surface area contributed by atoms with E-state index in [1.54, 1.807) is 4.90 Å². The van der Waals surface area contributed by atoms with E-state index in [9.17, 15) is 14.4 Å². The lowest BCUT2D eigenvalue weighted by Gasteiger charge is -2.29. The van der Waals surface area contributed by atoms with Crippen LogP contribution in [-0.2, 0) is 22.7 Å². The van der Waals surface area contributed by atoms with Gasteiger partial charge in [-0.05, 0) is 30.0 Å². The van der Waals surface area contributed by atoms with Gasteiger partial charge in [0.2, 0.25) is 11.8 Å². The van der Waals surface area contributed by atoms with Crippen molar-refractivity contribution in [3.63, 3.8) is 0 Å². The van der Waals surface area contributed by atoms with Crippen LogP contribution in [0, 0.1) is 0 Å². The van der Waals surface area contributed by atoms with Crippen LogP contribution < -0.4 is 10.6 Å². The first-order chi connectivity index (χ1) is 12.6. The summed E-state index contributed by atoms with van der Waals surface area (Å²) in [6.07, 6.45) is 1.90. The number of nitrogens with zero attached hydrogens (tertiary/aromatic N) is 2. The van der Waals surface area contributed by atoms with Gasteiger partial charge < -0.3 is 10.2 Å². The van der Waals surface area contributed by atoms with Crippen LogP contribution in [0.25, 0.3) is 0 Å². The van der Waals surface area contributed by atoms with Gasteiger partial charge in [0, 0.05) is 50.2 Å². The minimum Gasteiger partial charge on any atom is -0.322 e. The molecule has 0 aromatic heterocycles. The fourth-order valence-corrected chi connectivity index (χ4v) is 4.78. The molecule has 7 heteroatoms. The van der Waals surface area contributed by atoms with Crippen LogP contribution in [0.4, 0.5) is 0 Å². The number of imide groups is 1. The van der Waals surface area contributed by atoms with Gasteiger partial charge in [0.05, 0.1) is 0 Å². The summed E-state index contributed by atoms with van der Waals surface area (Å²) < 4.78 is 0. The first-order valence-electron chi connectivity index (χ1n) is 9.32. The van der Waals surface area contributed by atoms with E-state index in [-0.39, 0.29) is 24.1 Å². The van der Waals surface area contributed by atoms with Crippen molar-refractivity contribution in [2.24, 2.45) is 0 Å². The topological polar surface area (TPSA) is 81.8 Å². The zero-order valence-corrected chi connectivity index (χ0v) is 14.5. The predicted molar refractivity (Wildman–Crippen MR) is 93.1 cm³/mol. The van der Waals surface area contributed by atoms with Crippen molar-refractivity contribution in [2.75, 3.05) is 13.1 Å². The van der Waals surface area contributed by atoms with Crippen LogP contribution in [0.1, 0.15) is 40.7 Å². The Kier molecular flexibility index (Phi) is 3.62. The lowest BCUT2D eigenvalue weighted by molar-refractivity contribution is -0.136. The van der Waals surface area contributed by atoms with Gasteiger partial charge in [-0.25, -0.2) is 0 Å². The Balaban J connectivity index is 1.33. The molecule has 4 heterocycles. The van der Waals surface area contributed by atoms with E-state index in [0.717, 1.165) is 30.8 Å². The molecule has 0 spiro atoms. The third-order valence-electron chi connectivity index (χ3n) is 6.15. The molecule has 3 atom stereocenters. The second-order valence-corrected chi connectivity index (χ2v) is 7.82. The fraction of sp³-hybridized carbons (Fsp3) is 0.526. The third-order valence-corrected chi connectivity index (χ3v) is 6.15. The molecule has 1 aromatic rings. The average molecular weight is 354 g/mol. The summed E-state index contributed by atoms with van der Waals surface area (Å²) in [7, 11) is 0. The second kappa shape index (κ2) is 5.89. The Morgan fingerprint density at radius 1 is 1.19 bits per heavy atom. The molecule has 0 radical (unpaired) electrons. The summed E-state index contributed by atoms with van der Waals surface area (Å²) in [5.74, 6) is -0.712. The second-order valence-electron chi connectivity index (χ2n) is 7.82. The van der Waals surface area contributed by atoms with Crippen LogP contribution in [0.3, 0.4) is 0 Å². The summed E-state index contributed by atoms with van der Waals surface area (Å²) in [6, 6.07) is 6.77. The zero-order chi connectivity index (χ0) is 17.8. The number of carbonyl (C=O) groups is 3. The zero-order valence-electron chi connectivity index (χ0n) is 14.5. The van der Waals surface area contributed by atoms with Crippen LogP contribution in [0.15, 0.2) is 18.2 Å². The Morgan fingerprint density at radius 3 is 2.81 bits per heavy atom. The number of hydrogen-bond donors (Lipinski definition) is 2. The van der Waals surface area contributed by atoms with Gasteiger partial charge in [0.1, 0.15) is 6.04 Å². The first kappa shape index (κ1) is 16.0. The van der Waals surface area contributed by atoms with E-state index in [1.165, 1.54) is 6.42 Å². The molecule has 2 bridgehead atoms. The Bertz CT molecular complexity index is 808. The molecule has 2 N–H and O–H groups in total. The number of benzene rings is 1. The smallest absolute Gasteiger partial charge is 0.255 e. The van der Waals surface area contributed by atoms with Crippen molar-refractivity contribution in [1.29, 1.82) is 0 Å². The highest BCUT2D eigenvalue weighted by Gasteiger charge is 2.40. The normalized spacial score (nSPS) is 30.8. The first-order valence-corrected chi connectivity index (χ1v) is 9.32. The highest BCUT2D eigenvalue weighted by atomic mass is 16.2. The summed E-state index contributed by atoms with van der Waals surface area (Å²) in [6.45, 7) is 3.43. The van der Waals surface area contributed by atoms with E-state index < -0.39 is 6.04 Å². The molecule has 5 rings (SSSR count). The van der Waals surface area contributed by atoms with Crippen LogP contribution in [0.5, 0.6) is 0 Å². The molecular weight excluding hydrogens is 332 g/mol. The Labute approximate surface area is 151 Å².